The number of esters is 1. The molecular weight excluding hydrogens is 304 g/mol. The summed E-state index contributed by atoms with van der Waals surface area (Å²) in [5.74, 6) is -0.486. The Bertz CT molecular complexity index is 501. The van der Waals surface area contributed by atoms with Gasteiger partial charge in [0.1, 0.15) is 0 Å². The third-order valence-electron chi connectivity index (χ3n) is 2.68. The number of nitrogens with zero attached hydrogens (tertiary/aromatic N) is 1. The van der Waals surface area contributed by atoms with E-state index in [4.69, 9.17) is 39.5 Å². The molecule has 0 aromatic heterocycles. The van der Waals surface area contributed by atoms with E-state index in [0.29, 0.717) is 5.56 Å². The maximum absolute atomic E-state index is 11.0. The lowest BCUT2D eigenvalue weighted by Crippen LogP contribution is -2.54. The number of cyclic esters (lactones) is 1. The molecule has 8 heteroatoms. The van der Waals surface area contributed by atoms with Crippen molar-refractivity contribution in [3.05, 3.63) is 39.9 Å². The van der Waals surface area contributed by atoms with Gasteiger partial charge >= 0.3 is 5.97 Å². The number of carbonyl (C=O) groups excluding carboxylic acids is 1. The van der Waals surface area contributed by atoms with Crippen molar-refractivity contribution >= 4 is 46.5 Å². The molecule has 0 N–H and O–H groups in total. The molecule has 0 radical (unpaired) electrons. The van der Waals surface area contributed by atoms with Crippen LogP contribution in [0.1, 0.15) is 12.0 Å². The molecule has 1 fully saturated rings. The highest BCUT2D eigenvalue weighted by Crippen LogP contribution is 2.54. The Labute approximate surface area is 117 Å². The lowest BCUT2D eigenvalue weighted by Gasteiger charge is -2.45. The second-order valence-corrected chi connectivity index (χ2v) is 6.06. The molecule has 1 atom stereocenters. The zero-order valence-corrected chi connectivity index (χ0v) is 11.0. The average molecular weight is 311 g/mol. The summed E-state index contributed by atoms with van der Waals surface area (Å²) in [7, 11) is 0. The molecule has 0 saturated carbocycles. The first-order valence-corrected chi connectivity index (χ1v) is 5.93. The standard InChI is InChI=1S/C10H6Cl3NO4/c11-10(12,13)9(5-8(15)18-9)6-1-3-7(4-2-6)14(16)17/h1-4H,5H2. The van der Waals surface area contributed by atoms with E-state index in [2.05, 4.69) is 0 Å². The fraction of sp³-hybridized carbons (Fsp3) is 0.300. The van der Waals surface area contributed by atoms with E-state index < -0.39 is 20.3 Å². The van der Waals surface area contributed by atoms with Gasteiger partial charge in [0, 0.05) is 17.7 Å². The lowest BCUT2D eigenvalue weighted by atomic mass is 9.87. The van der Waals surface area contributed by atoms with E-state index in [-0.39, 0.29) is 12.1 Å². The summed E-state index contributed by atoms with van der Waals surface area (Å²) in [5.41, 5.74) is -1.05. The lowest BCUT2D eigenvalue weighted by molar-refractivity contribution is -0.384. The van der Waals surface area contributed by atoms with Gasteiger partial charge in [0.25, 0.3) is 5.69 Å². The second kappa shape index (κ2) is 4.26. The molecule has 0 spiro atoms. The molecule has 2 rings (SSSR count). The first-order chi connectivity index (χ1) is 8.26. The summed E-state index contributed by atoms with van der Waals surface area (Å²) in [6, 6.07) is 5.35. The molecule has 1 saturated heterocycles. The Morgan fingerprint density at radius 3 is 2.11 bits per heavy atom. The van der Waals surface area contributed by atoms with Crippen LogP contribution in [0.4, 0.5) is 5.69 Å². The van der Waals surface area contributed by atoms with E-state index in [1.165, 1.54) is 24.3 Å². The molecule has 0 aliphatic carbocycles. The summed E-state index contributed by atoms with van der Waals surface area (Å²) in [4.78, 5) is 21.0. The molecule has 1 aromatic rings. The Morgan fingerprint density at radius 1 is 1.28 bits per heavy atom. The Hall–Kier alpha value is -1.04. The number of halogens is 3. The van der Waals surface area contributed by atoms with Gasteiger partial charge in [-0.3, -0.25) is 14.9 Å². The van der Waals surface area contributed by atoms with E-state index >= 15 is 0 Å². The van der Waals surface area contributed by atoms with Crippen LogP contribution in [-0.2, 0) is 15.1 Å². The molecule has 0 bridgehead atoms. The molecule has 1 aliphatic rings. The van der Waals surface area contributed by atoms with Gasteiger partial charge in [0.15, 0.2) is 5.60 Å². The SMILES string of the molecule is O=C1CC(c2ccc([N+](=O)[O-])cc2)(C(Cl)(Cl)Cl)O1. The minimum absolute atomic E-state index is 0.0820. The molecule has 1 heterocycles. The van der Waals surface area contributed by atoms with Crippen LogP contribution in [0.5, 0.6) is 0 Å². The number of alkyl halides is 3. The third-order valence-corrected chi connectivity index (χ3v) is 3.60. The van der Waals surface area contributed by atoms with Crippen LogP contribution in [0, 0.1) is 10.1 Å². The Kier molecular flexibility index (Phi) is 3.17. The van der Waals surface area contributed by atoms with Gasteiger partial charge in [0.2, 0.25) is 3.79 Å². The smallest absolute Gasteiger partial charge is 0.311 e. The highest BCUT2D eigenvalue weighted by molar-refractivity contribution is 6.68. The van der Waals surface area contributed by atoms with E-state index in [0.717, 1.165) is 0 Å². The number of nitro groups is 1. The van der Waals surface area contributed by atoms with Crippen LogP contribution in [0.2, 0.25) is 0 Å². The number of carbonyl (C=O) groups is 1. The van der Waals surface area contributed by atoms with Crippen LogP contribution in [0.15, 0.2) is 24.3 Å². The average Bonchev–Trinajstić information content (AvgIpc) is 2.23. The maximum Gasteiger partial charge on any atom is 0.311 e. The van der Waals surface area contributed by atoms with Crippen molar-refractivity contribution in [3.8, 4) is 0 Å². The number of hydrogen-bond donors (Lipinski definition) is 0. The predicted molar refractivity (Wildman–Crippen MR) is 65.8 cm³/mol. The minimum atomic E-state index is -1.84. The largest absolute Gasteiger partial charge is 0.449 e. The number of ether oxygens (including phenoxy) is 1. The molecule has 96 valence electrons. The highest BCUT2D eigenvalue weighted by atomic mass is 35.6. The summed E-state index contributed by atoms with van der Waals surface area (Å²) < 4.78 is 3.14. The topological polar surface area (TPSA) is 69.4 Å². The van der Waals surface area contributed by atoms with Crippen molar-refractivity contribution in [2.75, 3.05) is 0 Å². The van der Waals surface area contributed by atoms with Crippen molar-refractivity contribution < 1.29 is 14.5 Å². The minimum Gasteiger partial charge on any atom is -0.449 e. The van der Waals surface area contributed by atoms with Gasteiger partial charge in [-0.2, -0.15) is 0 Å². The highest BCUT2D eigenvalue weighted by Gasteiger charge is 2.61. The summed E-state index contributed by atoms with van der Waals surface area (Å²) in [6.45, 7) is 0. The molecule has 1 aliphatic heterocycles. The van der Waals surface area contributed by atoms with Crippen molar-refractivity contribution in [2.24, 2.45) is 0 Å². The van der Waals surface area contributed by atoms with E-state index in [1.54, 1.807) is 0 Å². The zero-order valence-electron chi connectivity index (χ0n) is 8.73. The quantitative estimate of drug-likeness (QED) is 0.364. The van der Waals surface area contributed by atoms with E-state index in [1.807, 2.05) is 0 Å². The number of hydrogen-bond acceptors (Lipinski definition) is 4. The molecule has 5 nitrogen and oxygen atoms in total. The predicted octanol–water partition coefficient (Wildman–Crippen LogP) is 3.11. The number of rotatable bonds is 2. The first-order valence-electron chi connectivity index (χ1n) is 4.80. The van der Waals surface area contributed by atoms with Crippen LogP contribution < -0.4 is 0 Å². The van der Waals surface area contributed by atoms with Gasteiger partial charge in [0.05, 0.1) is 11.3 Å². The molecule has 1 aromatic carbocycles. The van der Waals surface area contributed by atoms with E-state index in [9.17, 15) is 14.9 Å². The number of non-ortho nitro benzene ring substituents is 1. The molecule has 1 unspecified atom stereocenters. The van der Waals surface area contributed by atoms with Crippen LogP contribution in [0.25, 0.3) is 0 Å². The number of benzene rings is 1. The fourth-order valence-electron chi connectivity index (χ4n) is 1.72. The van der Waals surface area contributed by atoms with Crippen molar-refractivity contribution in [2.45, 2.75) is 15.8 Å². The molecular formula is C10H6Cl3NO4. The van der Waals surface area contributed by atoms with Gasteiger partial charge < -0.3 is 4.74 Å². The zero-order chi connectivity index (χ0) is 13.6. The van der Waals surface area contributed by atoms with Crippen molar-refractivity contribution in [3.63, 3.8) is 0 Å². The normalized spacial score (nSPS) is 23.2. The van der Waals surface area contributed by atoms with Gasteiger partial charge in [-0.1, -0.05) is 34.8 Å². The van der Waals surface area contributed by atoms with Crippen LogP contribution in [-0.4, -0.2) is 14.7 Å². The van der Waals surface area contributed by atoms with Crippen molar-refractivity contribution in [1.82, 2.24) is 0 Å². The fourth-order valence-corrected chi connectivity index (χ4v) is 2.37. The second-order valence-electron chi connectivity index (χ2n) is 3.78. The van der Waals surface area contributed by atoms with Crippen molar-refractivity contribution in [1.29, 1.82) is 0 Å². The number of nitro benzene ring substituents is 1. The molecule has 0 amide bonds. The van der Waals surface area contributed by atoms with Gasteiger partial charge in [-0.15, -0.1) is 0 Å². The Morgan fingerprint density at radius 2 is 1.78 bits per heavy atom. The van der Waals surface area contributed by atoms with Gasteiger partial charge in [-0.25, -0.2) is 0 Å². The third kappa shape index (κ3) is 2.02. The van der Waals surface area contributed by atoms with Crippen LogP contribution >= 0.6 is 34.8 Å². The first kappa shape index (κ1) is 13.4. The summed E-state index contributed by atoms with van der Waals surface area (Å²) in [6.07, 6.45) is -0.0820. The maximum atomic E-state index is 11.0. The van der Waals surface area contributed by atoms with Gasteiger partial charge in [-0.05, 0) is 12.1 Å². The molecule has 18 heavy (non-hydrogen) atoms. The summed E-state index contributed by atoms with van der Waals surface area (Å²) >= 11 is 17.4. The monoisotopic (exact) mass is 309 g/mol. The Balaban J connectivity index is 2.39. The summed E-state index contributed by atoms with van der Waals surface area (Å²) in [5, 5.41) is 10.5. The van der Waals surface area contributed by atoms with Crippen LogP contribution in [0.3, 0.4) is 0 Å².